The summed E-state index contributed by atoms with van der Waals surface area (Å²) in [7, 11) is 1.63. The van der Waals surface area contributed by atoms with Gasteiger partial charge in [-0.2, -0.15) is 0 Å². The Morgan fingerprint density at radius 2 is 2.05 bits per heavy atom. The quantitative estimate of drug-likeness (QED) is 0.827. The number of primary amides is 1. The molecule has 1 rings (SSSR count). The van der Waals surface area contributed by atoms with Gasteiger partial charge in [0.2, 0.25) is 5.91 Å². The monoisotopic (exact) mass is 264 g/mol. The number of ether oxygens (including phenoxy) is 1. The van der Waals surface area contributed by atoms with Gasteiger partial charge in [0.25, 0.3) is 0 Å². The molecule has 1 atom stereocenters. The number of benzene rings is 1. The van der Waals surface area contributed by atoms with Crippen LogP contribution in [-0.4, -0.2) is 13.0 Å². The Morgan fingerprint density at radius 3 is 2.58 bits per heavy atom. The smallest absolute Gasteiger partial charge is 0.217 e. The van der Waals surface area contributed by atoms with Gasteiger partial charge >= 0.3 is 0 Å². The molecule has 1 aromatic rings. The molecule has 4 heteroatoms. The third-order valence-electron chi connectivity index (χ3n) is 3.21. The molecule has 0 bridgehead atoms. The van der Waals surface area contributed by atoms with Gasteiger partial charge in [-0.1, -0.05) is 31.5 Å². The highest BCUT2D eigenvalue weighted by molar-refractivity contribution is 5.74. The van der Waals surface area contributed by atoms with Crippen LogP contribution >= 0.6 is 0 Å². The summed E-state index contributed by atoms with van der Waals surface area (Å²) < 4.78 is 5.35. The summed E-state index contributed by atoms with van der Waals surface area (Å²) in [6.45, 7) is 6.02. The molecule has 4 nitrogen and oxygen atoms in total. The van der Waals surface area contributed by atoms with E-state index in [4.69, 9.17) is 16.2 Å². The first-order valence-electron chi connectivity index (χ1n) is 6.43. The fraction of sp³-hybridized carbons (Fsp3) is 0.533. The average Bonchev–Trinajstić information content (AvgIpc) is 2.26. The average molecular weight is 264 g/mol. The molecule has 0 radical (unpaired) electrons. The van der Waals surface area contributed by atoms with Gasteiger partial charge in [0.15, 0.2) is 0 Å². The number of nitrogens with two attached hydrogens (primary N) is 2. The number of methoxy groups -OCH3 is 1. The van der Waals surface area contributed by atoms with Crippen molar-refractivity contribution in [3.63, 3.8) is 0 Å². The highest BCUT2D eigenvalue weighted by Gasteiger charge is 2.25. The van der Waals surface area contributed by atoms with Crippen molar-refractivity contribution in [2.45, 2.75) is 39.7 Å². The Hall–Kier alpha value is -1.55. The van der Waals surface area contributed by atoms with E-state index in [9.17, 15) is 4.79 Å². The zero-order valence-electron chi connectivity index (χ0n) is 12.2. The lowest BCUT2D eigenvalue weighted by Gasteiger charge is -2.27. The van der Waals surface area contributed by atoms with E-state index in [-0.39, 0.29) is 17.4 Å². The van der Waals surface area contributed by atoms with Gasteiger partial charge in [-0.05, 0) is 24.8 Å². The first-order valence-corrected chi connectivity index (χ1v) is 6.43. The van der Waals surface area contributed by atoms with E-state index in [1.807, 2.05) is 39.0 Å². The number of carbonyl (C=O) groups excluding carboxylic acids is 1. The number of rotatable bonds is 6. The molecule has 106 valence electrons. The van der Waals surface area contributed by atoms with Gasteiger partial charge in [-0.15, -0.1) is 0 Å². The molecule has 1 aromatic carbocycles. The topological polar surface area (TPSA) is 78.3 Å². The van der Waals surface area contributed by atoms with Crippen LogP contribution < -0.4 is 16.2 Å². The van der Waals surface area contributed by atoms with Crippen LogP contribution in [0.2, 0.25) is 0 Å². The summed E-state index contributed by atoms with van der Waals surface area (Å²) in [5.41, 5.74) is 13.4. The van der Waals surface area contributed by atoms with Crippen LogP contribution in [0.25, 0.3) is 0 Å². The molecule has 19 heavy (non-hydrogen) atoms. The second kappa shape index (κ2) is 6.06. The van der Waals surface area contributed by atoms with E-state index >= 15 is 0 Å². The van der Waals surface area contributed by atoms with Crippen molar-refractivity contribution < 1.29 is 9.53 Å². The fourth-order valence-corrected chi connectivity index (χ4v) is 2.39. The van der Waals surface area contributed by atoms with Crippen molar-refractivity contribution in [2.24, 2.45) is 16.9 Å². The van der Waals surface area contributed by atoms with E-state index < -0.39 is 0 Å². The van der Waals surface area contributed by atoms with Crippen LogP contribution in [-0.2, 0) is 4.79 Å². The number of hydrogen-bond acceptors (Lipinski definition) is 3. The van der Waals surface area contributed by atoms with Crippen LogP contribution in [0.5, 0.6) is 5.75 Å². The zero-order chi connectivity index (χ0) is 14.6. The largest absolute Gasteiger partial charge is 0.496 e. The normalized spacial score (nSPS) is 13.1. The summed E-state index contributed by atoms with van der Waals surface area (Å²) >= 11 is 0. The lowest BCUT2D eigenvalue weighted by atomic mass is 9.80. The molecular weight excluding hydrogens is 240 g/mol. The molecule has 4 N–H and O–H groups in total. The molecule has 0 aliphatic rings. The van der Waals surface area contributed by atoms with Crippen molar-refractivity contribution in [3.05, 3.63) is 29.3 Å². The van der Waals surface area contributed by atoms with Crippen LogP contribution in [0, 0.1) is 12.3 Å². The zero-order valence-corrected chi connectivity index (χ0v) is 12.2. The Morgan fingerprint density at radius 1 is 1.42 bits per heavy atom. The highest BCUT2D eigenvalue weighted by Crippen LogP contribution is 2.35. The summed E-state index contributed by atoms with van der Waals surface area (Å²) in [4.78, 5) is 11.1. The summed E-state index contributed by atoms with van der Waals surface area (Å²) in [6, 6.07) is 5.77. The molecule has 0 fully saturated rings. The first-order chi connectivity index (χ1) is 8.75. The third-order valence-corrected chi connectivity index (χ3v) is 3.21. The Kier molecular flexibility index (Phi) is 4.95. The highest BCUT2D eigenvalue weighted by atomic mass is 16.5. The lowest BCUT2D eigenvalue weighted by molar-refractivity contribution is -0.120. The minimum atomic E-state index is -0.298. The fourth-order valence-electron chi connectivity index (χ4n) is 2.39. The summed E-state index contributed by atoms with van der Waals surface area (Å²) in [6.07, 6.45) is 1.00. The van der Waals surface area contributed by atoms with Crippen molar-refractivity contribution in [1.82, 2.24) is 0 Å². The van der Waals surface area contributed by atoms with Gasteiger partial charge in [0.1, 0.15) is 5.75 Å². The maximum Gasteiger partial charge on any atom is 0.217 e. The van der Waals surface area contributed by atoms with Crippen molar-refractivity contribution >= 4 is 5.91 Å². The minimum absolute atomic E-state index is 0.177. The van der Waals surface area contributed by atoms with Gasteiger partial charge in [-0.25, -0.2) is 0 Å². The lowest BCUT2D eigenvalue weighted by Crippen LogP contribution is -2.27. The Balaban J connectivity index is 2.91. The maximum absolute atomic E-state index is 11.1. The van der Waals surface area contributed by atoms with Crippen molar-refractivity contribution in [2.75, 3.05) is 7.11 Å². The molecule has 1 unspecified atom stereocenters. The number of aryl methyl sites for hydroxylation is 1. The van der Waals surface area contributed by atoms with E-state index in [1.165, 1.54) is 0 Å². The molecule has 0 heterocycles. The molecule has 0 aromatic heterocycles. The van der Waals surface area contributed by atoms with Gasteiger partial charge < -0.3 is 16.2 Å². The van der Waals surface area contributed by atoms with Gasteiger partial charge in [0.05, 0.1) is 7.11 Å². The first kappa shape index (κ1) is 15.5. The predicted molar refractivity (Wildman–Crippen MR) is 76.9 cm³/mol. The number of amides is 1. The van der Waals surface area contributed by atoms with Crippen LogP contribution in [0.3, 0.4) is 0 Å². The molecule has 0 aliphatic carbocycles. The molecule has 0 aliphatic heterocycles. The van der Waals surface area contributed by atoms with Crippen LogP contribution in [0.4, 0.5) is 0 Å². The number of carbonyl (C=O) groups is 1. The second-order valence-corrected chi connectivity index (χ2v) is 5.86. The number of hydrogen-bond donors (Lipinski definition) is 2. The molecule has 0 saturated heterocycles. The summed E-state index contributed by atoms with van der Waals surface area (Å²) in [5.74, 6) is 0.487. The van der Waals surface area contributed by atoms with E-state index in [0.717, 1.165) is 16.9 Å². The molecule has 1 amide bonds. The standard InChI is InChI=1S/C15H24N2O2/c1-10-5-6-13(19-4)11(7-10)12(16)8-15(2,3)9-14(17)18/h5-7,12H,8-9,16H2,1-4H3,(H2,17,18). The third kappa shape index (κ3) is 4.56. The SMILES string of the molecule is COc1ccc(C)cc1C(N)CC(C)(C)CC(N)=O. The molecule has 0 saturated carbocycles. The van der Waals surface area contributed by atoms with E-state index in [0.29, 0.717) is 12.8 Å². The predicted octanol–water partition coefficient (Wildman–Crippen LogP) is 2.30. The maximum atomic E-state index is 11.1. The molecular formula is C15H24N2O2. The van der Waals surface area contributed by atoms with Gasteiger partial charge in [0, 0.05) is 18.0 Å². The van der Waals surface area contributed by atoms with Crippen LogP contribution in [0.1, 0.15) is 43.9 Å². The van der Waals surface area contributed by atoms with E-state index in [1.54, 1.807) is 7.11 Å². The van der Waals surface area contributed by atoms with Crippen molar-refractivity contribution in [1.29, 1.82) is 0 Å². The van der Waals surface area contributed by atoms with E-state index in [2.05, 4.69) is 0 Å². The van der Waals surface area contributed by atoms with Crippen LogP contribution in [0.15, 0.2) is 18.2 Å². The minimum Gasteiger partial charge on any atom is -0.496 e. The van der Waals surface area contributed by atoms with Gasteiger partial charge in [-0.3, -0.25) is 4.79 Å². The Bertz CT molecular complexity index is 455. The van der Waals surface area contributed by atoms with Crippen molar-refractivity contribution in [3.8, 4) is 5.75 Å². The molecule has 0 spiro atoms. The summed E-state index contributed by atoms with van der Waals surface area (Å²) in [5, 5.41) is 0. The second-order valence-electron chi connectivity index (χ2n) is 5.86. The Labute approximate surface area is 115 Å².